The molecule has 6 nitrogen and oxygen atoms in total. The maximum absolute atomic E-state index is 13.2. The third kappa shape index (κ3) is 5.99. The van der Waals surface area contributed by atoms with Crippen molar-refractivity contribution in [2.75, 3.05) is 36.0 Å². The largest absolute Gasteiger partial charge is 0.573 e. The fraction of sp³-hybridized carbons (Fsp3) is 0.300. The van der Waals surface area contributed by atoms with E-state index in [0.717, 1.165) is 66.1 Å². The Morgan fingerprint density at radius 3 is 2.05 bits per heavy atom. The summed E-state index contributed by atoms with van der Waals surface area (Å²) in [6.07, 6.45) is -3.97. The molecule has 1 aliphatic heterocycles. The normalized spacial score (nSPS) is 14.1. The predicted octanol–water partition coefficient (Wildman–Crippen LogP) is 6.55. The van der Waals surface area contributed by atoms with E-state index in [1.165, 1.54) is 12.1 Å². The lowest BCUT2D eigenvalue weighted by molar-refractivity contribution is -0.274. The number of halogens is 4. The molecule has 40 heavy (non-hydrogen) atoms. The van der Waals surface area contributed by atoms with Crippen LogP contribution in [0, 0.1) is 0 Å². The molecule has 0 atom stereocenters. The second kappa shape index (κ2) is 11.3. The first-order valence-electron chi connectivity index (χ1n) is 13.1. The van der Waals surface area contributed by atoms with Crippen molar-refractivity contribution in [1.82, 2.24) is 9.88 Å². The number of amides is 1. The van der Waals surface area contributed by atoms with Crippen LogP contribution in [0.3, 0.4) is 0 Å². The maximum Gasteiger partial charge on any atom is 0.573 e. The number of fused-ring (bicyclic) bond motifs is 1. The van der Waals surface area contributed by atoms with Crippen LogP contribution in [0.25, 0.3) is 10.9 Å². The summed E-state index contributed by atoms with van der Waals surface area (Å²) in [5, 5.41) is 4.52. The van der Waals surface area contributed by atoms with E-state index >= 15 is 0 Å². The van der Waals surface area contributed by atoms with E-state index in [9.17, 15) is 18.0 Å². The van der Waals surface area contributed by atoms with Crippen LogP contribution in [-0.2, 0) is 20.0 Å². The second-order valence-corrected chi connectivity index (χ2v) is 10.2. The van der Waals surface area contributed by atoms with Gasteiger partial charge in [-0.05, 0) is 66.6 Å². The highest BCUT2D eigenvalue weighted by atomic mass is 35.5. The summed E-state index contributed by atoms with van der Waals surface area (Å²) < 4.78 is 43.2. The summed E-state index contributed by atoms with van der Waals surface area (Å²) in [6, 6.07) is 19.7. The standard InChI is InChI=1S/C30H30ClF3N4O2/c1-3-26-28(25-18-21(31)6-13-27(25)36(26)2)29(39)35-19-20-4-7-22(8-5-20)37-14-16-38(17-15-37)23-9-11-24(12-10-23)40-30(32,33)34/h4-13,18H,3,14-17,19H2,1-2H3,(H,35,39). The number of hydrogen-bond acceptors (Lipinski definition) is 4. The van der Waals surface area contributed by atoms with E-state index in [1.807, 2.05) is 48.9 Å². The van der Waals surface area contributed by atoms with E-state index in [1.54, 1.807) is 12.1 Å². The molecule has 1 amide bonds. The summed E-state index contributed by atoms with van der Waals surface area (Å²) in [7, 11) is 1.97. The molecule has 1 N–H and O–H groups in total. The molecule has 4 aromatic rings. The molecular formula is C30H30ClF3N4O2. The van der Waals surface area contributed by atoms with Crippen LogP contribution in [0.5, 0.6) is 5.75 Å². The number of benzene rings is 3. The van der Waals surface area contributed by atoms with Gasteiger partial charge in [-0.1, -0.05) is 30.7 Å². The Kier molecular flexibility index (Phi) is 7.85. The number of carbonyl (C=O) groups is 1. The van der Waals surface area contributed by atoms with Crippen molar-refractivity contribution >= 4 is 39.8 Å². The van der Waals surface area contributed by atoms with Gasteiger partial charge in [0.15, 0.2) is 0 Å². The number of anilines is 2. The molecule has 10 heteroatoms. The van der Waals surface area contributed by atoms with E-state index in [-0.39, 0.29) is 11.7 Å². The molecule has 1 aromatic heterocycles. The number of ether oxygens (including phenoxy) is 1. The summed E-state index contributed by atoms with van der Waals surface area (Å²) in [6.45, 7) is 5.48. The van der Waals surface area contributed by atoms with Gasteiger partial charge in [-0.15, -0.1) is 13.2 Å². The highest BCUT2D eigenvalue weighted by molar-refractivity contribution is 6.31. The Bertz CT molecular complexity index is 1490. The first-order chi connectivity index (χ1) is 19.1. The fourth-order valence-corrected chi connectivity index (χ4v) is 5.49. The van der Waals surface area contributed by atoms with Crippen molar-refractivity contribution in [2.45, 2.75) is 26.3 Å². The molecule has 0 aliphatic carbocycles. The van der Waals surface area contributed by atoms with Gasteiger partial charge in [0.05, 0.1) is 5.56 Å². The minimum Gasteiger partial charge on any atom is -0.406 e. The van der Waals surface area contributed by atoms with Crippen LogP contribution in [0.4, 0.5) is 24.5 Å². The first kappa shape index (κ1) is 27.7. The zero-order valence-corrected chi connectivity index (χ0v) is 23.0. The second-order valence-electron chi connectivity index (χ2n) is 9.76. The van der Waals surface area contributed by atoms with Crippen molar-refractivity contribution in [3.63, 3.8) is 0 Å². The minimum absolute atomic E-state index is 0.122. The average Bonchev–Trinajstić information content (AvgIpc) is 3.22. The smallest absolute Gasteiger partial charge is 0.406 e. The molecule has 1 fully saturated rings. The molecule has 0 unspecified atom stereocenters. The number of aromatic nitrogens is 1. The number of carbonyl (C=O) groups excluding carboxylic acids is 1. The molecule has 5 rings (SSSR count). The quantitative estimate of drug-likeness (QED) is 0.274. The topological polar surface area (TPSA) is 49.7 Å². The van der Waals surface area contributed by atoms with E-state index in [2.05, 4.69) is 32.0 Å². The molecule has 0 spiro atoms. The Hall–Kier alpha value is -3.85. The lowest BCUT2D eigenvalue weighted by atomic mass is 10.1. The van der Waals surface area contributed by atoms with Gasteiger partial charge < -0.3 is 24.4 Å². The fourth-order valence-electron chi connectivity index (χ4n) is 5.31. The van der Waals surface area contributed by atoms with Gasteiger partial charge in [0, 0.05) is 72.8 Å². The van der Waals surface area contributed by atoms with Gasteiger partial charge in [0.1, 0.15) is 5.75 Å². The van der Waals surface area contributed by atoms with Crippen molar-refractivity contribution < 1.29 is 22.7 Å². The van der Waals surface area contributed by atoms with Crippen molar-refractivity contribution in [3.8, 4) is 5.75 Å². The Morgan fingerprint density at radius 2 is 1.50 bits per heavy atom. The minimum atomic E-state index is -4.70. The van der Waals surface area contributed by atoms with Gasteiger partial charge in [0.25, 0.3) is 5.91 Å². The zero-order chi connectivity index (χ0) is 28.4. The van der Waals surface area contributed by atoms with Crippen LogP contribution < -0.4 is 19.9 Å². The lowest BCUT2D eigenvalue weighted by Gasteiger charge is -2.37. The Morgan fingerprint density at radius 1 is 0.925 bits per heavy atom. The SMILES string of the molecule is CCc1c(C(=O)NCc2ccc(N3CCN(c4ccc(OC(F)(F)F)cc4)CC3)cc2)c2cc(Cl)ccc2n1C. The lowest BCUT2D eigenvalue weighted by Crippen LogP contribution is -2.46. The molecule has 2 heterocycles. The molecule has 1 saturated heterocycles. The summed E-state index contributed by atoms with van der Waals surface area (Å²) in [4.78, 5) is 17.7. The summed E-state index contributed by atoms with van der Waals surface area (Å²) >= 11 is 6.23. The van der Waals surface area contributed by atoms with Crippen molar-refractivity contribution in [3.05, 3.63) is 88.6 Å². The molecular weight excluding hydrogens is 541 g/mol. The first-order valence-corrected chi connectivity index (χ1v) is 13.5. The van der Waals surface area contributed by atoms with Gasteiger partial charge in [-0.2, -0.15) is 0 Å². The van der Waals surface area contributed by atoms with Crippen molar-refractivity contribution in [1.29, 1.82) is 0 Å². The van der Waals surface area contributed by atoms with Crippen LogP contribution >= 0.6 is 11.6 Å². The van der Waals surface area contributed by atoms with E-state index in [0.29, 0.717) is 17.1 Å². The molecule has 1 aliphatic rings. The third-order valence-corrected chi connectivity index (χ3v) is 7.55. The highest BCUT2D eigenvalue weighted by Gasteiger charge is 2.31. The van der Waals surface area contributed by atoms with Gasteiger partial charge >= 0.3 is 6.36 Å². The van der Waals surface area contributed by atoms with Crippen LogP contribution in [0.1, 0.15) is 28.5 Å². The van der Waals surface area contributed by atoms with Crippen molar-refractivity contribution in [2.24, 2.45) is 7.05 Å². The van der Waals surface area contributed by atoms with E-state index < -0.39 is 6.36 Å². The van der Waals surface area contributed by atoms with Gasteiger partial charge in [-0.3, -0.25) is 4.79 Å². The number of rotatable bonds is 7. The number of nitrogens with one attached hydrogen (secondary N) is 1. The predicted molar refractivity (Wildman–Crippen MR) is 152 cm³/mol. The summed E-state index contributed by atoms with van der Waals surface area (Å²) in [5.74, 6) is -0.346. The number of piperazine rings is 1. The average molecular weight is 571 g/mol. The monoisotopic (exact) mass is 570 g/mol. The van der Waals surface area contributed by atoms with Gasteiger partial charge in [0.2, 0.25) is 0 Å². The molecule has 3 aromatic carbocycles. The molecule has 0 bridgehead atoms. The number of alkyl halides is 3. The van der Waals surface area contributed by atoms with Crippen LogP contribution in [0.2, 0.25) is 5.02 Å². The summed E-state index contributed by atoms with van der Waals surface area (Å²) in [5.41, 5.74) is 5.55. The number of nitrogens with zero attached hydrogens (tertiary/aromatic N) is 3. The zero-order valence-electron chi connectivity index (χ0n) is 22.3. The Labute approximate surface area is 235 Å². The molecule has 210 valence electrons. The number of hydrogen-bond donors (Lipinski definition) is 1. The highest BCUT2D eigenvalue weighted by Crippen LogP contribution is 2.29. The molecule has 0 radical (unpaired) electrons. The third-order valence-electron chi connectivity index (χ3n) is 7.31. The number of aryl methyl sites for hydroxylation is 1. The van der Waals surface area contributed by atoms with Crippen LogP contribution in [0.15, 0.2) is 66.7 Å². The maximum atomic E-state index is 13.2. The Balaban J connectivity index is 1.17. The van der Waals surface area contributed by atoms with E-state index in [4.69, 9.17) is 11.6 Å². The molecule has 0 saturated carbocycles. The van der Waals surface area contributed by atoms with Gasteiger partial charge in [-0.25, -0.2) is 0 Å². The van der Waals surface area contributed by atoms with Crippen LogP contribution in [-0.4, -0.2) is 43.0 Å².